The van der Waals surface area contributed by atoms with E-state index in [1.165, 1.54) is 0 Å². The fraction of sp³-hybridized carbons (Fsp3) is 0.389. The second-order valence-electron chi connectivity index (χ2n) is 6.19. The molecule has 1 fully saturated rings. The van der Waals surface area contributed by atoms with Gasteiger partial charge in [0.1, 0.15) is 5.41 Å². The number of hydrogen-bond donors (Lipinski definition) is 0. The molecule has 1 aliphatic carbocycles. The summed E-state index contributed by atoms with van der Waals surface area (Å²) >= 11 is 0. The normalized spacial score (nSPS) is 16.0. The molecule has 0 N–H and O–H groups in total. The van der Waals surface area contributed by atoms with Crippen molar-refractivity contribution in [3.63, 3.8) is 0 Å². The molecule has 3 rings (SSSR count). The Morgan fingerprint density at radius 3 is 2.70 bits per heavy atom. The number of aromatic nitrogens is 2. The molecule has 1 amide bonds. The molecule has 1 heterocycles. The lowest BCUT2D eigenvalue weighted by Gasteiger charge is -2.26. The van der Waals surface area contributed by atoms with E-state index in [4.69, 9.17) is 0 Å². The molecule has 118 valence electrons. The summed E-state index contributed by atoms with van der Waals surface area (Å²) in [6, 6.07) is 12.1. The highest BCUT2D eigenvalue weighted by molar-refractivity contribution is 5.85. The minimum Gasteiger partial charge on any atom is -0.340 e. The third-order valence-corrected chi connectivity index (χ3v) is 4.50. The summed E-state index contributed by atoms with van der Waals surface area (Å²) in [6.07, 6.45) is 6.96. The number of nitrogens with zero attached hydrogens (tertiary/aromatic N) is 4. The number of nitriles is 1. The van der Waals surface area contributed by atoms with E-state index < -0.39 is 5.41 Å². The molecule has 1 saturated carbocycles. The Hall–Kier alpha value is -2.61. The maximum absolute atomic E-state index is 12.7. The van der Waals surface area contributed by atoms with E-state index in [1.807, 2.05) is 36.5 Å². The van der Waals surface area contributed by atoms with E-state index in [0.717, 1.165) is 24.1 Å². The fourth-order valence-electron chi connectivity index (χ4n) is 3.23. The summed E-state index contributed by atoms with van der Waals surface area (Å²) in [7, 11) is 1.76. The number of hydrogen-bond acceptors (Lipinski definition) is 3. The molecular formula is C18H20N4O. The maximum atomic E-state index is 12.7. The molecule has 1 aromatic heterocycles. The summed E-state index contributed by atoms with van der Waals surface area (Å²) in [5, 5.41) is 13.8. The minimum absolute atomic E-state index is 0.0649. The van der Waals surface area contributed by atoms with Gasteiger partial charge in [-0.15, -0.1) is 0 Å². The third-order valence-electron chi connectivity index (χ3n) is 4.50. The quantitative estimate of drug-likeness (QED) is 0.872. The molecule has 5 nitrogen and oxygen atoms in total. The second-order valence-corrected chi connectivity index (χ2v) is 6.19. The summed E-state index contributed by atoms with van der Waals surface area (Å²) in [4.78, 5) is 14.3. The molecule has 0 spiro atoms. The highest BCUT2D eigenvalue weighted by Crippen LogP contribution is 2.39. The molecule has 1 aliphatic rings. The molecule has 0 unspecified atom stereocenters. The Labute approximate surface area is 136 Å². The number of benzene rings is 1. The van der Waals surface area contributed by atoms with Crippen molar-refractivity contribution in [1.29, 1.82) is 5.26 Å². The molecule has 0 radical (unpaired) electrons. The number of para-hydroxylation sites is 1. The van der Waals surface area contributed by atoms with Crippen molar-refractivity contribution >= 4 is 5.91 Å². The first-order valence-electron chi connectivity index (χ1n) is 7.90. The first-order valence-corrected chi connectivity index (χ1v) is 7.90. The number of amides is 1. The van der Waals surface area contributed by atoms with E-state index in [1.54, 1.807) is 22.8 Å². The molecule has 5 heteroatoms. The van der Waals surface area contributed by atoms with Crippen LogP contribution in [0.25, 0.3) is 5.69 Å². The van der Waals surface area contributed by atoms with Crippen LogP contribution in [0.4, 0.5) is 0 Å². The van der Waals surface area contributed by atoms with Crippen LogP contribution >= 0.6 is 0 Å². The highest BCUT2D eigenvalue weighted by atomic mass is 16.2. The van der Waals surface area contributed by atoms with Gasteiger partial charge in [-0.25, -0.2) is 4.68 Å². The van der Waals surface area contributed by atoms with Gasteiger partial charge >= 0.3 is 0 Å². The zero-order valence-corrected chi connectivity index (χ0v) is 13.3. The number of carbonyl (C=O) groups excluding carboxylic acids is 1. The van der Waals surface area contributed by atoms with Crippen molar-refractivity contribution in [2.75, 3.05) is 7.05 Å². The molecule has 0 bridgehead atoms. The van der Waals surface area contributed by atoms with Crippen molar-refractivity contribution in [1.82, 2.24) is 14.7 Å². The molecular weight excluding hydrogens is 288 g/mol. The van der Waals surface area contributed by atoms with Crippen LogP contribution in [0.3, 0.4) is 0 Å². The molecule has 0 aliphatic heterocycles. The summed E-state index contributed by atoms with van der Waals surface area (Å²) in [5.74, 6) is -0.0649. The Kier molecular flexibility index (Phi) is 4.16. The van der Waals surface area contributed by atoms with Crippen molar-refractivity contribution in [2.24, 2.45) is 5.41 Å². The topological polar surface area (TPSA) is 61.9 Å². The lowest BCUT2D eigenvalue weighted by molar-refractivity contribution is -0.138. The van der Waals surface area contributed by atoms with Crippen LogP contribution in [-0.4, -0.2) is 27.6 Å². The third kappa shape index (κ3) is 2.98. The zero-order valence-electron chi connectivity index (χ0n) is 13.3. The molecule has 0 saturated heterocycles. The Bertz CT molecular complexity index is 723. The lowest BCUT2D eigenvalue weighted by atomic mass is 9.86. The van der Waals surface area contributed by atoms with E-state index >= 15 is 0 Å². The van der Waals surface area contributed by atoms with Gasteiger partial charge in [-0.05, 0) is 25.0 Å². The van der Waals surface area contributed by atoms with Crippen molar-refractivity contribution in [2.45, 2.75) is 32.2 Å². The molecule has 2 aromatic rings. The molecule has 0 atom stereocenters. The standard InChI is InChI=1S/C18H20N4O/c1-21(17(23)18(14-19)9-5-6-10-18)12-15-11-20-22(13-15)16-7-3-2-4-8-16/h2-4,7-8,11,13H,5-6,9-10,12H2,1H3. The van der Waals surface area contributed by atoms with Crippen molar-refractivity contribution in [3.8, 4) is 11.8 Å². The van der Waals surface area contributed by atoms with Gasteiger partial charge in [-0.3, -0.25) is 4.79 Å². The van der Waals surface area contributed by atoms with E-state index in [2.05, 4.69) is 11.2 Å². The minimum atomic E-state index is -0.815. The largest absolute Gasteiger partial charge is 0.340 e. The van der Waals surface area contributed by atoms with Crippen molar-refractivity contribution in [3.05, 3.63) is 48.3 Å². The van der Waals surface area contributed by atoms with Crippen LogP contribution in [-0.2, 0) is 11.3 Å². The molecule has 1 aromatic carbocycles. The lowest BCUT2D eigenvalue weighted by Crippen LogP contribution is -2.39. The van der Waals surface area contributed by atoms with Gasteiger partial charge < -0.3 is 4.90 Å². The van der Waals surface area contributed by atoms with Gasteiger partial charge in [0.25, 0.3) is 0 Å². The van der Waals surface area contributed by atoms with Gasteiger partial charge in [-0.1, -0.05) is 31.0 Å². The average Bonchev–Trinajstić information content (AvgIpc) is 3.25. The predicted molar refractivity (Wildman–Crippen MR) is 86.6 cm³/mol. The highest BCUT2D eigenvalue weighted by Gasteiger charge is 2.43. The zero-order chi connectivity index (χ0) is 16.3. The fourth-order valence-corrected chi connectivity index (χ4v) is 3.23. The summed E-state index contributed by atoms with van der Waals surface area (Å²) < 4.78 is 1.79. The summed E-state index contributed by atoms with van der Waals surface area (Å²) in [6.45, 7) is 0.467. The average molecular weight is 308 g/mol. The SMILES string of the molecule is CN(Cc1cnn(-c2ccccc2)c1)C(=O)C1(C#N)CCCC1. The predicted octanol–water partition coefficient (Wildman–Crippen LogP) is 2.91. The van der Waals surface area contributed by atoms with Crippen LogP contribution < -0.4 is 0 Å². The summed E-state index contributed by atoms with van der Waals surface area (Å²) in [5.41, 5.74) is 1.12. The van der Waals surface area contributed by atoms with Gasteiger partial charge in [0, 0.05) is 25.4 Å². The van der Waals surface area contributed by atoms with Crippen molar-refractivity contribution < 1.29 is 4.79 Å². The number of rotatable bonds is 4. The van der Waals surface area contributed by atoms with Crippen LogP contribution in [0, 0.1) is 16.7 Å². The van der Waals surface area contributed by atoms with Gasteiger partial charge in [0.2, 0.25) is 5.91 Å². The van der Waals surface area contributed by atoms with Gasteiger partial charge in [0.05, 0.1) is 18.0 Å². The maximum Gasteiger partial charge on any atom is 0.243 e. The number of carbonyl (C=O) groups is 1. The Morgan fingerprint density at radius 1 is 1.35 bits per heavy atom. The Balaban J connectivity index is 1.71. The van der Waals surface area contributed by atoms with Crippen LogP contribution in [0.1, 0.15) is 31.2 Å². The van der Waals surface area contributed by atoms with E-state index in [-0.39, 0.29) is 5.91 Å². The van der Waals surface area contributed by atoms with E-state index in [9.17, 15) is 10.1 Å². The first kappa shape index (κ1) is 15.3. The van der Waals surface area contributed by atoms with Gasteiger partial charge in [-0.2, -0.15) is 10.4 Å². The van der Waals surface area contributed by atoms with E-state index in [0.29, 0.717) is 19.4 Å². The Morgan fingerprint density at radius 2 is 2.04 bits per heavy atom. The van der Waals surface area contributed by atoms with Crippen LogP contribution in [0.15, 0.2) is 42.7 Å². The van der Waals surface area contributed by atoms with Crippen LogP contribution in [0.2, 0.25) is 0 Å². The molecule has 23 heavy (non-hydrogen) atoms. The smallest absolute Gasteiger partial charge is 0.243 e. The second kappa shape index (κ2) is 6.25. The monoisotopic (exact) mass is 308 g/mol. The van der Waals surface area contributed by atoms with Gasteiger partial charge in [0.15, 0.2) is 0 Å². The first-order chi connectivity index (χ1) is 11.1. The van der Waals surface area contributed by atoms with Crippen LogP contribution in [0.5, 0.6) is 0 Å².